The van der Waals surface area contributed by atoms with Gasteiger partial charge in [-0.2, -0.15) is 0 Å². The van der Waals surface area contributed by atoms with Crippen LogP contribution >= 0.6 is 0 Å². The number of hydrogen-bond donors (Lipinski definition) is 2. The summed E-state index contributed by atoms with van der Waals surface area (Å²) >= 11 is 0. The Morgan fingerprint density at radius 1 is 1.41 bits per heavy atom. The molecule has 0 bridgehead atoms. The van der Waals surface area contributed by atoms with Crippen molar-refractivity contribution in [3.05, 3.63) is 29.8 Å². The van der Waals surface area contributed by atoms with Crippen molar-refractivity contribution in [3.63, 3.8) is 0 Å². The maximum Gasteiger partial charge on any atom is 0.345 e. The second-order valence-corrected chi connectivity index (χ2v) is 6.07. The largest absolute Gasteiger partial charge is 0.478 e. The van der Waals surface area contributed by atoms with Crippen LogP contribution in [0.5, 0.6) is 5.75 Å². The van der Waals surface area contributed by atoms with E-state index in [1.165, 1.54) is 0 Å². The van der Waals surface area contributed by atoms with Crippen LogP contribution in [0.25, 0.3) is 0 Å². The molecule has 0 amide bonds. The topological polar surface area (TPSA) is 75.6 Å². The number of carbonyl (C=O) groups excluding carboxylic acids is 1. The van der Waals surface area contributed by atoms with E-state index >= 15 is 0 Å². The predicted octanol–water partition coefficient (Wildman–Crippen LogP) is 1.90. The van der Waals surface area contributed by atoms with Crippen LogP contribution in [-0.4, -0.2) is 36.1 Å². The zero-order valence-electron chi connectivity index (χ0n) is 13.0. The lowest BCUT2D eigenvalue weighted by Gasteiger charge is -2.20. The van der Waals surface area contributed by atoms with Gasteiger partial charge in [0.2, 0.25) is 0 Å². The number of ketones is 1. The van der Waals surface area contributed by atoms with Crippen LogP contribution in [0.4, 0.5) is 0 Å². The van der Waals surface area contributed by atoms with Gasteiger partial charge < -0.3 is 15.2 Å². The van der Waals surface area contributed by atoms with Gasteiger partial charge in [0.1, 0.15) is 11.5 Å². The number of ether oxygens (including phenoxy) is 1. The van der Waals surface area contributed by atoms with Gasteiger partial charge in [0.15, 0.2) is 6.10 Å². The SMILES string of the molecule is CC(C)C(=O)Cc1cccc(O[C@H](C(=O)O)[C@@H]2CCNC2)c1. The maximum absolute atomic E-state index is 11.8. The zero-order chi connectivity index (χ0) is 16.1. The van der Waals surface area contributed by atoms with Gasteiger partial charge in [-0.05, 0) is 30.7 Å². The lowest BCUT2D eigenvalue weighted by atomic mass is 10.0. The van der Waals surface area contributed by atoms with Crippen LogP contribution in [0.15, 0.2) is 24.3 Å². The minimum atomic E-state index is -0.947. The molecule has 1 fully saturated rings. The Labute approximate surface area is 130 Å². The Hall–Kier alpha value is -1.88. The highest BCUT2D eigenvalue weighted by Gasteiger charge is 2.32. The number of nitrogens with one attached hydrogen (secondary N) is 1. The lowest BCUT2D eigenvalue weighted by Crippen LogP contribution is -2.36. The third kappa shape index (κ3) is 4.31. The molecule has 0 aliphatic carbocycles. The van der Waals surface area contributed by atoms with E-state index < -0.39 is 12.1 Å². The number of rotatable bonds is 7. The van der Waals surface area contributed by atoms with E-state index in [0.717, 1.165) is 18.5 Å². The molecular formula is C17H23NO4. The molecule has 5 nitrogen and oxygen atoms in total. The van der Waals surface area contributed by atoms with Crippen LogP contribution in [0.2, 0.25) is 0 Å². The van der Waals surface area contributed by atoms with Gasteiger partial charge in [0.25, 0.3) is 0 Å². The Bertz CT molecular complexity index is 535. The molecule has 120 valence electrons. The first kappa shape index (κ1) is 16.5. The summed E-state index contributed by atoms with van der Waals surface area (Å²) in [4.78, 5) is 23.3. The first-order valence-electron chi connectivity index (χ1n) is 7.69. The van der Waals surface area contributed by atoms with Gasteiger partial charge in [0.05, 0.1) is 0 Å². The molecule has 1 heterocycles. The lowest BCUT2D eigenvalue weighted by molar-refractivity contribution is -0.147. The summed E-state index contributed by atoms with van der Waals surface area (Å²) in [5.74, 6) is -0.322. The fourth-order valence-corrected chi connectivity index (χ4v) is 2.56. The van der Waals surface area contributed by atoms with Crippen LogP contribution in [0.3, 0.4) is 0 Å². The number of aliphatic carboxylic acids is 1. The van der Waals surface area contributed by atoms with Crippen molar-refractivity contribution in [2.45, 2.75) is 32.8 Å². The quantitative estimate of drug-likeness (QED) is 0.804. The average Bonchev–Trinajstić information content (AvgIpc) is 2.98. The number of carboxylic acids is 1. The van der Waals surface area contributed by atoms with Crippen molar-refractivity contribution in [2.75, 3.05) is 13.1 Å². The molecule has 0 radical (unpaired) electrons. The van der Waals surface area contributed by atoms with E-state index in [1.54, 1.807) is 18.2 Å². The number of benzene rings is 1. The van der Waals surface area contributed by atoms with Gasteiger partial charge in [0, 0.05) is 24.8 Å². The summed E-state index contributed by atoms with van der Waals surface area (Å²) in [6.07, 6.45) is 0.283. The Morgan fingerprint density at radius 2 is 2.18 bits per heavy atom. The van der Waals surface area contributed by atoms with Crippen LogP contribution < -0.4 is 10.1 Å². The highest BCUT2D eigenvalue weighted by atomic mass is 16.5. The number of Topliss-reactive ketones (excluding diaryl/α,β-unsaturated/α-hetero) is 1. The second kappa shape index (κ2) is 7.40. The van der Waals surface area contributed by atoms with E-state index in [0.29, 0.717) is 18.7 Å². The second-order valence-electron chi connectivity index (χ2n) is 6.07. The molecule has 22 heavy (non-hydrogen) atoms. The van der Waals surface area contributed by atoms with Gasteiger partial charge in [-0.3, -0.25) is 4.79 Å². The minimum absolute atomic E-state index is 0.0131. The third-order valence-corrected chi connectivity index (χ3v) is 3.95. The van der Waals surface area contributed by atoms with E-state index in [2.05, 4.69) is 5.32 Å². The molecule has 1 saturated heterocycles. The van der Waals surface area contributed by atoms with Gasteiger partial charge in [-0.1, -0.05) is 26.0 Å². The highest BCUT2D eigenvalue weighted by molar-refractivity contribution is 5.82. The maximum atomic E-state index is 11.8. The molecule has 0 unspecified atom stereocenters. The number of carbonyl (C=O) groups is 2. The van der Waals surface area contributed by atoms with E-state index in [-0.39, 0.29) is 17.6 Å². The van der Waals surface area contributed by atoms with E-state index in [9.17, 15) is 14.7 Å². The highest BCUT2D eigenvalue weighted by Crippen LogP contribution is 2.22. The van der Waals surface area contributed by atoms with Crippen LogP contribution in [-0.2, 0) is 16.0 Å². The third-order valence-electron chi connectivity index (χ3n) is 3.95. The van der Waals surface area contributed by atoms with E-state index in [1.807, 2.05) is 19.9 Å². The van der Waals surface area contributed by atoms with Crippen LogP contribution in [0, 0.1) is 11.8 Å². The summed E-state index contributed by atoms with van der Waals surface area (Å²) in [5.41, 5.74) is 0.852. The van der Waals surface area contributed by atoms with Crippen molar-refractivity contribution < 1.29 is 19.4 Å². The number of carboxylic acid groups (broad SMARTS) is 1. The Balaban J connectivity index is 2.07. The van der Waals surface area contributed by atoms with Crippen molar-refractivity contribution in [1.29, 1.82) is 0 Å². The molecule has 0 spiro atoms. The summed E-state index contributed by atoms with van der Waals surface area (Å²) in [5, 5.41) is 12.5. The molecule has 2 rings (SSSR count). The summed E-state index contributed by atoms with van der Waals surface area (Å²) in [6.45, 7) is 5.22. The Morgan fingerprint density at radius 3 is 2.77 bits per heavy atom. The molecule has 5 heteroatoms. The molecule has 1 aromatic rings. The zero-order valence-corrected chi connectivity index (χ0v) is 13.0. The molecule has 0 aromatic heterocycles. The molecule has 1 aliphatic heterocycles. The predicted molar refractivity (Wildman–Crippen MR) is 83.0 cm³/mol. The first-order chi connectivity index (χ1) is 10.5. The monoisotopic (exact) mass is 305 g/mol. The Kier molecular flexibility index (Phi) is 5.55. The molecule has 1 aromatic carbocycles. The van der Waals surface area contributed by atoms with Crippen LogP contribution in [0.1, 0.15) is 25.8 Å². The molecule has 0 saturated carbocycles. The van der Waals surface area contributed by atoms with Gasteiger partial charge in [-0.15, -0.1) is 0 Å². The minimum Gasteiger partial charge on any atom is -0.478 e. The standard InChI is InChI=1S/C17H23NO4/c1-11(2)15(19)9-12-4-3-5-14(8-12)22-16(17(20)21)13-6-7-18-10-13/h3-5,8,11,13,16,18H,6-7,9-10H2,1-2H3,(H,20,21)/t13-,16+/m1/s1. The summed E-state index contributed by atoms with van der Waals surface area (Å²) < 4.78 is 5.69. The number of hydrogen-bond acceptors (Lipinski definition) is 4. The van der Waals surface area contributed by atoms with E-state index in [4.69, 9.17) is 4.74 Å². The fourth-order valence-electron chi connectivity index (χ4n) is 2.56. The van der Waals surface area contributed by atoms with Crippen molar-refractivity contribution in [1.82, 2.24) is 5.32 Å². The molecule has 2 N–H and O–H groups in total. The summed E-state index contributed by atoms with van der Waals surface area (Å²) in [6, 6.07) is 7.16. The van der Waals surface area contributed by atoms with Crippen molar-refractivity contribution in [3.8, 4) is 5.75 Å². The molecule has 1 aliphatic rings. The first-order valence-corrected chi connectivity index (χ1v) is 7.69. The molecular weight excluding hydrogens is 282 g/mol. The summed E-state index contributed by atoms with van der Waals surface area (Å²) in [7, 11) is 0. The smallest absolute Gasteiger partial charge is 0.345 e. The van der Waals surface area contributed by atoms with Crippen molar-refractivity contribution in [2.24, 2.45) is 11.8 Å². The van der Waals surface area contributed by atoms with Gasteiger partial charge in [-0.25, -0.2) is 4.79 Å². The average molecular weight is 305 g/mol. The van der Waals surface area contributed by atoms with Gasteiger partial charge >= 0.3 is 5.97 Å². The molecule has 2 atom stereocenters. The van der Waals surface area contributed by atoms with Crippen molar-refractivity contribution >= 4 is 11.8 Å². The fraction of sp³-hybridized carbons (Fsp3) is 0.529. The normalized spacial score (nSPS) is 19.1.